The van der Waals surface area contributed by atoms with Gasteiger partial charge in [-0.25, -0.2) is 0 Å². The summed E-state index contributed by atoms with van der Waals surface area (Å²) >= 11 is 0. The molecule has 146 valence electrons. The molecule has 0 aromatic heterocycles. The van der Waals surface area contributed by atoms with Gasteiger partial charge < -0.3 is 50.2 Å². The fourth-order valence-corrected chi connectivity index (χ4v) is 2.95. The van der Waals surface area contributed by atoms with Gasteiger partial charge in [-0.1, -0.05) is 0 Å². The van der Waals surface area contributed by atoms with E-state index in [0.29, 0.717) is 0 Å². The topological polar surface area (TPSA) is 178 Å². The second-order valence-corrected chi connectivity index (χ2v) is 6.25. The molecular formula is C14H25NO10. The molecule has 2 aliphatic rings. The maximum absolute atomic E-state index is 11.4. The average molecular weight is 367 g/mol. The van der Waals surface area contributed by atoms with Crippen LogP contribution in [0.15, 0.2) is 0 Å². The van der Waals surface area contributed by atoms with Gasteiger partial charge in [-0.2, -0.15) is 0 Å². The van der Waals surface area contributed by atoms with Crippen LogP contribution < -0.4 is 5.32 Å². The van der Waals surface area contributed by atoms with Crippen LogP contribution in [0.25, 0.3) is 0 Å². The predicted molar refractivity (Wildman–Crippen MR) is 78.8 cm³/mol. The molecule has 1 amide bonds. The standard InChI is InChI=1S/C14H25NO10/c1-4-12(10(20)11(21)13(22)23-4)25-14-7(15-5(2)17)9(19)8(18)6(3-16)24-14/h4,6-14,16,18-22H,3H2,1-2H3,(H,15,17)/t4?,6?,7?,8-,9-,10-,11?,12-,13+,14+/m1/s1. The van der Waals surface area contributed by atoms with Gasteiger partial charge in [0.1, 0.15) is 42.7 Å². The predicted octanol–water partition coefficient (Wildman–Crippen LogP) is -4.23. The van der Waals surface area contributed by atoms with Gasteiger partial charge in [0.2, 0.25) is 5.91 Å². The normalized spacial score (nSPS) is 48.2. The van der Waals surface area contributed by atoms with E-state index in [4.69, 9.17) is 14.2 Å². The highest BCUT2D eigenvalue weighted by Crippen LogP contribution is 2.28. The molecule has 2 fully saturated rings. The molecule has 11 heteroatoms. The van der Waals surface area contributed by atoms with Gasteiger partial charge in [-0.05, 0) is 6.92 Å². The van der Waals surface area contributed by atoms with Crippen LogP contribution in [-0.4, -0.2) is 105 Å². The summed E-state index contributed by atoms with van der Waals surface area (Å²) in [5, 5.41) is 61.1. The zero-order valence-corrected chi connectivity index (χ0v) is 13.8. The second kappa shape index (κ2) is 8.20. The Kier molecular flexibility index (Phi) is 6.70. The number of aliphatic hydroxyl groups is 6. The van der Waals surface area contributed by atoms with E-state index in [1.807, 2.05) is 0 Å². The molecule has 0 aromatic rings. The second-order valence-electron chi connectivity index (χ2n) is 6.25. The number of carbonyl (C=O) groups is 1. The third-order valence-corrected chi connectivity index (χ3v) is 4.34. The van der Waals surface area contributed by atoms with Crippen molar-refractivity contribution in [2.24, 2.45) is 0 Å². The van der Waals surface area contributed by atoms with E-state index in [9.17, 15) is 35.4 Å². The highest BCUT2D eigenvalue weighted by Gasteiger charge is 2.49. The van der Waals surface area contributed by atoms with Crippen molar-refractivity contribution in [1.82, 2.24) is 5.32 Å². The summed E-state index contributed by atoms with van der Waals surface area (Å²) in [7, 11) is 0. The Balaban J connectivity index is 2.19. The van der Waals surface area contributed by atoms with Crippen LogP contribution in [0.4, 0.5) is 0 Å². The van der Waals surface area contributed by atoms with Crippen LogP contribution in [0, 0.1) is 0 Å². The Bertz CT molecular complexity index is 465. The third-order valence-electron chi connectivity index (χ3n) is 4.34. The molecule has 10 atom stereocenters. The van der Waals surface area contributed by atoms with E-state index >= 15 is 0 Å². The zero-order valence-electron chi connectivity index (χ0n) is 13.8. The maximum Gasteiger partial charge on any atom is 0.217 e. The van der Waals surface area contributed by atoms with E-state index in [-0.39, 0.29) is 0 Å². The molecule has 0 aromatic carbocycles. The van der Waals surface area contributed by atoms with Gasteiger partial charge in [0.15, 0.2) is 12.6 Å². The summed E-state index contributed by atoms with van der Waals surface area (Å²) < 4.78 is 16.0. The van der Waals surface area contributed by atoms with Crippen LogP contribution in [0.3, 0.4) is 0 Å². The summed E-state index contributed by atoms with van der Waals surface area (Å²) in [5.41, 5.74) is 0. The van der Waals surface area contributed by atoms with Crippen LogP contribution in [-0.2, 0) is 19.0 Å². The number of aliphatic hydroxyl groups excluding tert-OH is 6. The van der Waals surface area contributed by atoms with E-state index in [2.05, 4.69) is 5.32 Å². The summed E-state index contributed by atoms with van der Waals surface area (Å²) in [6.45, 7) is 2.05. The van der Waals surface area contributed by atoms with Crippen molar-refractivity contribution in [3.05, 3.63) is 0 Å². The van der Waals surface area contributed by atoms with Gasteiger partial charge in [-0.15, -0.1) is 0 Å². The highest BCUT2D eigenvalue weighted by atomic mass is 16.7. The van der Waals surface area contributed by atoms with Crippen molar-refractivity contribution in [2.45, 2.75) is 75.2 Å². The molecule has 0 bridgehead atoms. The van der Waals surface area contributed by atoms with Crippen molar-refractivity contribution >= 4 is 5.91 Å². The lowest BCUT2D eigenvalue weighted by Gasteiger charge is -2.46. The van der Waals surface area contributed by atoms with E-state index in [1.54, 1.807) is 0 Å². The molecule has 2 aliphatic heterocycles. The van der Waals surface area contributed by atoms with Gasteiger partial charge in [0.25, 0.3) is 0 Å². The molecule has 11 nitrogen and oxygen atoms in total. The Hall–Kier alpha value is -0.890. The van der Waals surface area contributed by atoms with Gasteiger partial charge in [0.05, 0.1) is 12.7 Å². The van der Waals surface area contributed by atoms with Crippen LogP contribution in [0.1, 0.15) is 13.8 Å². The number of rotatable bonds is 4. The first-order valence-electron chi connectivity index (χ1n) is 7.92. The summed E-state index contributed by atoms with van der Waals surface area (Å²) in [4.78, 5) is 11.4. The summed E-state index contributed by atoms with van der Waals surface area (Å²) in [5.74, 6) is -0.528. The monoisotopic (exact) mass is 367 g/mol. The largest absolute Gasteiger partial charge is 0.394 e. The molecule has 2 rings (SSSR count). The van der Waals surface area contributed by atoms with Crippen LogP contribution in [0.2, 0.25) is 0 Å². The van der Waals surface area contributed by atoms with Crippen molar-refractivity contribution in [3.8, 4) is 0 Å². The quantitative estimate of drug-likeness (QED) is 0.257. The maximum atomic E-state index is 11.4. The van der Waals surface area contributed by atoms with E-state index < -0.39 is 73.9 Å². The number of amides is 1. The summed E-state index contributed by atoms with van der Waals surface area (Å²) in [6, 6.07) is -1.20. The Morgan fingerprint density at radius 3 is 2.24 bits per heavy atom. The van der Waals surface area contributed by atoms with Gasteiger partial charge in [-0.3, -0.25) is 4.79 Å². The Labute approximate surface area is 143 Å². The van der Waals surface area contributed by atoms with Gasteiger partial charge >= 0.3 is 0 Å². The van der Waals surface area contributed by atoms with Crippen molar-refractivity contribution in [1.29, 1.82) is 0 Å². The molecule has 2 saturated heterocycles. The number of ether oxygens (including phenoxy) is 3. The fourth-order valence-electron chi connectivity index (χ4n) is 2.95. The minimum atomic E-state index is -1.63. The lowest BCUT2D eigenvalue weighted by molar-refractivity contribution is -0.336. The molecule has 0 saturated carbocycles. The van der Waals surface area contributed by atoms with E-state index in [0.717, 1.165) is 0 Å². The Morgan fingerprint density at radius 2 is 1.68 bits per heavy atom. The van der Waals surface area contributed by atoms with Crippen molar-refractivity contribution in [2.75, 3.05) is 6.61 Å². The first-order chi connectivity index (χ1) is 11.7. The van der Waals surface area contributed by atoms with E-state index in [1.165, 1.54) is 13.8 Å². The molecule has 0 radical (unpaired) electrons. The zero-order chi connectivity index (χ0) is 18.9. The third kappa shape index (κ3) is 4.27. The summed E-state index contributed by atoms with van der Waals surface area (Å²) in [6.07, 6.45) is -12.3. The lowest BCUT2D eigenvalue weighted by atomic mass is 9.95. The minimum Gasteiger partial charge on any atom is -0.394 e. The highest BCUT2D eigenvalue weighted by molar-refractivity contribution is 5.73. The molecule has 0 aliphatic carbocycles. The lowest BCUT2D eigenvalue weighted by Crippen LogP contribution is -2.67. The molecule has 7 N–H and O–H groups in total. The fraction of sp³-hybridized carbons (Fsp3) is 0.929. The number of hydrogen-bond acceptors (Lipinski definition) is 10. The van der Waals surface area contributed by atoms with Crippen molar-refractivity contribution in [3.63, 3.8) is 0 Å². The van der Waals surface area contributed by atoms with Crippen LogP contribution in [0.5, 0.6) is 0 Å². The SMILES string of the molecule is CC(=O)NC1[C@H](O[C@@H]2C(C)O[C@H](O)C(O)[C@H]2O)OC(CO)[C@@H](O)[C@@H]1O. The molecule has 25 heavy (non-hydrogen) atoms. The molecular weight excluding hydrogens is 342 g/mol. The smallest absolute Gasteiger partial charge is 0.217 e. The first-order valence-corrected chi connectivity index (χ1v) is 7.92. The number of nitrogens with one attached hydrogen (secondary N) is 1. The average Bonchev–Trinajstić information content (AvgIpc) is 2.55. The van der Waals surface area contributed by atoms with Gasteiger partial charge in [0, 0.05) is 6.92 Å². The first kappa shape index (κ1) is 20.4. The Morgan fingerprint density at radius 1 is 1.04 bits per heavy atom. The minimum absolute atomic E-state index is 0.528. The molecule has 2 heterocycles. The van der Waals surface area contributed by atoms with Crippen molar-refractivity contribution < 1.29 is 49.6 Å². The molecule has 0 spiro atoms. The number of hydrogen-bond donors (Lipinski definition) is 7. The van der Waals surface area contributed by atoms with Crippen LogP contribution >= 0.6 is 0 Å². The number of carbonyl (C=O) groups excluding carboxylic acids is 1. The molecule has 4 unspecified atom stereocenters.